The van der Waals surface area contributed by atoms with E-state index in [4.69, 9.17) is 11.6 Å². The van der Waals surface area contributed by atoms with Gasteiger partial charge in [-0.2, -0.15) is 0 Å². The van der Waals surface area contributed by atoms with Crippen molar-refractivity contribution in [3.63, 3.8) is 0 Å². The van der Waals surface area contributed by atoms with Crippen molar-refractivity contribution < 1.29 is 19.1 Å². The van der Waals surface area contributed by atoms with Crippen LogP contribution in [0.25, 0.3) is 0 Å². The van der Waals surface area contributed by atoms with E-state index in [1.807, 2.05) is 0 Å². The number of nitrogens with one attached hydrogen (secondary N) is 1. The summed E-state index contributed by atoms with van der Waals surface area (Å²) >= 11 is 6.10. The lowest BCUT2D eigenvalue weighted by Crippen LogP contribution is -2.25. The van der Waals surface area contributed by atoms with E-state index in [9.17, 15) is 14.4 Å². The van der Waals surface area contributed by atoms with Crippen LogP contribution in [0.1, 0.15) is 36.9 Å². The van der Waals surface area contributed by atoms with Crippen LogP contribution in [0.15, 0.2) is 47.1 Å². The van der Waals surface area contributed by atoms with E-state index in [-0.39, 0.29) is 22.0 Å². The number of rotatable bonds is 3. The van der Waals surface area contributed by atoms with Crippen LogP contribution in [0.4, 0.5) is 5.69 Å². The number of pyridine rings is 1. The number of nitrogens with zero attached hydrogens (tertiary/aromatic N) is 1. The molecule has 0 fully saturated rings. The Morgan fingerprint density at radius 3 is 2.64 bits per heavy atom. The lowest BCUT2D eigenvalue weighted by atomic mass is 9.96. The number of aromatic nitrogens is 1. The zero-order valence-corrected chi connectivity index (χ0v) is 14.2. The van der Waals surface area contributed by atoms with Gasteiger partial charge in [0, 0.05) is 11.4 Å². The lowest BCUT2D eigenvalue weighted by Gasteiger charge is -2.18. The second-order valence-corrected chi connectivity index (χ2v) is 5.77. The first-order valence-electron chi connectivity index (χ1n) is 7.34. The van der Waals surface area contributed by atoms with Gasteiger partial charge in [-0.25, -0.2) is 9.78 Å². The number of Topliss-reactive ketones (excluding diaryl/α,β-unsaturated/α-hetero) is 2. The number of benzene rings is 1. The molecule has 1 aliphatic carbocycles. The molecular weight excluding hydrogens is 344 g/mol. The maximum atomic E-state index is 12.7. The number of ketones is 2. The highest BCUT2D eigenvalue weighted by Crippen LogP contribution is 2.29. The summed E-state index contributed by atoms with van der Waals surface area (Å²) in [6, 6.07) is 9.54. The third-order valence-corrected chi connectivity index (χ3v) is 4.05. The van der Waals surface area contributed by atoms with Crippen LogP contribution in [0.2, 0.25) is 0 Å². The van der Waals surface area contributed by atoms with Gasteiger partial charge in [0.2, 0.25) is 11.6 Å². The molecule has 25 heavy (non-hydrogen) atoms. The van der Waals surface area contributed by atoms with E-state index >= 15 is 0 Å². The molecule has 1 aromatic heterocycles. The van der Waals surface area contributed by atoms with Gasteiger partial charge in [0.1, 0.15) is 16.4 Å². The summed E-state index contributed by atoms with van der Waals surface area (Å²) in [7, 11) is 1.27. The van der Waals surface area contributed by atoms with Crippen LogP contribution < -0.4 is 5.32 Å². The van der Waals surface area contributed by atoms with Crippen molar-refractivity contribution in [3.8, 4) is 0 Å². The zero-order valence-electron chi connectivity index (χ0n) is 13.4. The third kappa shape index (κ3) is 3.04. The molecule has 1 aliphatic rings. The maximum Gasteiger partial charge on any atom is 0.337 e. The average Bonchev–Trinajstić information content (AvgIpc) is 2.63. The van der Waals surface area contributed by atoms with Crippen molar-refractivity contribution in [3.05, 3.63) is 69.6 Å². The fraction of sp³-hybridized carbons (Fsp3) is 0.111. The van der Waals surface area contributed by atoms with Gasteiger partial charge in [-0.15, -0.1) is 0 Å². The monoisotopic (exact) mass is 356 g/mol. The Morgan fingerprint density at radius 1 is 1.16 bits per heavy atom. The Labute approximate surface area is 148 Å². The number of methoxy groups -OCH3 is 1. The standard InChI is InChI=1S/C18H13ClN2O4/c1-9-6-7-12-14(20-9)17(23)13(19)15(16(12)22)21-11-5-3-4-10(8-11)18(24)25-2/h3-8,21H,1-2H3. The number of halogens is 1. The smallest absolute Gasteiger partial charge is 0.337 e. The van der Waals surface area contributed by atoms with E-state index in [2.05, 4.69) is 15.0 Å². The minimum absolute atomic E-state index is 0.0452. The van der Waals surface area contributed by atoms with E-state index in [0.717, 1.165) is 0 Å². The number of aryl methyl sites for hydroxylation is 1. The molecule has 0 amide bonds. The summed E-state index contributed by atoms with van der Waals surface area (Å²) in [5, 5.41) is 2.59. The normalized spacial score (nSPS) is 13.6. The van der Waals surface area contributed by atoms with Gasteiger partial charge >= 0.3 is 5.97 Å². The molecule has 0 radical (unpaired) electrons. The summed E-state index contributed by atoms with van der Waals surface area (Å²) < 4.78 is 4.66. The van der Waals surface area contributed by atoms with Crippen molar-refractivity contribution in [2.45, 2.75) is 6.92 Å². The molecule has 0 saturated carbocycles. The zero-order chi connectivity index (χ0) is 18.1. The molecule has 0 spiro atoms. The highest BCUT2D eigenvalue weighted by molar-refractivity contribution is 6.50. The maximum absolute atomic E-state index is 12.7. The minimum Gasteiger partial charge on any atom is -0.465 e. The van der Waals surface area contributed by atoms with Gasteiger partial charge in [-0.3, -0.25) is 9.59 Å². The second-order valence-electron chi connectivity index (χ2n) is 5.39. The van der Waals surface area contributed by atoms with Crippen molar-refractivity contribution >= 4 is 34.8 Å². The molecule has 0 aliphatic heterocycles. The first kappa shape index (κ1) is 16.9. The van der Waals surface area contributed by atoms with Crippen LogP contribution in [-0.4, -0.2) is 29.6 Å². The Bertz CT molecular complexity index is 950. The van der Waals surface area contributed by atoms with E-state index < -0.39 is 17.5 Å². The molecule has 0 unspecified atom stereocenters. The quantitative estimate of drug-likeness (QED) is 0.850. The first-order chi connectivity index (χ1) is 11.9. The van der Waals surface area contributed by atoms with Crippen LogP contribution >= 0.6 is 11.6 Å². The molecule has 0 bridgehead atoms. The topological polar surface area (TPSA) is 85.4 Å². The second kappa shape index (κ2) is 6.49. The minimum atomic E-state index is -0.522. The summed E-state index contributed by atoms with van der Waals surface area (Å²) in [5.74, 6) is -1.47. The van der Waals surface area contributed by atoms with Crippen LogP contribution in [0.3, 0.4) is 0 Å². The summed E-state index contributed by atoms with van der Waals surface area (Å²) in [4.78, 5) is 40.8. The lowest BCUT2D eigenvalue weighted by molar-refractivity contribution is 0.0600. The molecule has 0 atom stereocenters. The molecule has 0 saturated heterocycles. The van der Waals surface area contributed by atoms with Crippen LogP contribution in [0, 0.1) is 6.92 Å². The number of ether oxygens (including phenoxy) is 1. The highest BCUT2D eigenvalue weighted by atomic mass is 35.5. The number of hydrogen-bond donors (Lipinski definition) is 1. The Hall–Kier alpha value is -2.99. The summed E-state index contributed by atoms with van der Waals surface area (Å²) in [6.45, 7) is 1.72. The fourth-order valence-corrected chi connectivity index (χ4v) is 2.69. The van der Waals surface area contributed by atoms with E-state index in [1.165, 1.54) is 13.2 Å². The molecule has 6 nitrogen and oxygen atoms in total. The molecule has 126 valence electrons. The molecule has 2 aromatic rings. The number of anilines is 1. The largest absolute Gasteiger partial charge is 0.465 e. The predicted molar refractivity (Wildman–Crippen MR) is 91.9 cm³/mol. The van der Waals surface area contributed by atoms with Gasteiger partial charge < -0.3 is 10.1 Å². The first-order valence-corrected chi connectivity index (χ1v) is 7.72. The van der Waals surface area contributed by atoms with Gasteiger partial charge in [-0.05, 0) is 37.3 Å². The predicted octanol–water partition coefficient (Wildman–Crippen LogP) is 3.12. The Balaban J connectivity index is 2.00. The fourth-order valence-electron chi connectivity index (χ4n) is 2.46. The van der Waals surface area contributed by atoms with Gasteiger partial charge in [0.05, 0.1) is 18.2 Å². The Morgan fingerprint density at radius 2 is 1.92 bits per heavy atom. The van der Waals surface area contributed by atoms with Crippen LogP contribution in [0.5, 0.6) is 0 Å². The molecule has 3 rings (SSSR count). The summed E-state index contributed by atoms with van der Waals surface area (Å²) in [6.07, 6.45) is 0. The van der Waals surface area contributed by atoms with Gasteiger partial charge in [-0.1, -0.05) is 17.7 Å². The Kier molecular flexibility index (Phi) is 4.37. The SMILES string of the molecule is COC(=O)c1cccc(NC2=C(Cl)C(=O)c3nc(C)ccc3C2=O)c1. The molecule has 7 heteroatoms. The summed E-state index contributed by atoms with van der Waals surface area (Å²) in [5.41, 5.74) is 1.53. The average molecular weight is 357 g/mol. The molecule has 1 N–H and O–H groups in total. The van der Waals surface area contributed by atoms with Crippen molar-refractivity contribution in [2.75, 3.05) is 12.4 Å². The van der Waals surface area contributed by atoms with Crippen molar-refractivity contribution in [1.82, 2.24) is 4.98 Å². The van der Waals surface area contributed by atoms with E-state index in [0.29, 0.717) is 16.9 Å². The number of allylic oxidation sites excluding steroid dienone is 2. The third-order valence-electron chi connectivity index (χ3n) is 3.69. The van der Waals surface area contributed by atoms with E-state index in [1.54, 1.807) is 37.3 Å². The van der Waals surface area contributed by atoms with Crippen molar-refractivity contribution in [1.29, 1.82) is 0 Å². The van der Waals surface area contributed by atoms with Crippen molar-refractivity contribution in [2.24, 2.45) is 0 Å². The van der Waals surface area contributed by atoms with Gasteiger partial charge in [0.15, 0.2) is 0 Å². The number of fused-ring (bicyclic) bond motifs is 1. The number of esters is 1. The van der Waals surface area contributed by atoms with Crippen LogP contribution in [-0.2, 0) is 4.74 Å². The number of carbonyl (C=O) groups excluding carboxylic acids is 3. The molecular formula is C18H13ClN2O4. The number of carbonyl (C=O) groups is 3. The number of hydrogen-bond acceptors (Lipinski definition) is 6. The highest BCUT2D eigenvalue weighted by Gasteiger charge is 2.33. The van der Waals surface area contributed by atoms with Gasteiger partial charge in [0.25, 0.3) is 0 Å². The molecule has 1 heterocycles. The molecule has 1 aromatic carbocycles.